The molecule has 0 aliphatic heterocycles. The van der Waals surface area contributed by atoms with Gasteiger partial charge in [-0.3, -0.25) is 4.79 Å². The predicted octanol–water partition coefficient (Wildman–Crippen LogP) is 6.18. The van der Waals surface area contributed by atoms with Gasteiger partial charge in [-0.1, -0.05) is 48.0 Å². The van der Waals surface area contributed by atoms with Crippen molar-refractivity contribution >= 4 is 23.2 Å². The van der Waals surface area contributed by atoms with Crippen molar-refractivity contribution in [2.75, 3.05) is 5.32 Å². The SMILES string of the molecule is Cc1ccc(-c2cccc(Cl)c2)cc1NC(=O)c1cccc(C)c1C. The van der Waals surface area contributed by atoms with Gasteiger partial charge in [0.05, 0.1) is 0 Å². The van der Waals surface area contributed by atoms with Crippen LogP contribution in [0.15, 0.2) is 60.7 Å². The Morgan fingerprint density at radius 3 is 2.32 bits per heavy atom. The third-order valence-electron chi connectivity index (χ3n) is 4.49. The Labute approximate surface area is 153 Å². The van der Waals surface area contributed by atoms with Crippen molar-refractivity contribution in [1.29, 1.82) is 0 Å². The van der Waals surface area contributed by atoms with Crippen molar-refractivity contribution in [1.82, 2.24) is 0 Å². The normalized spacial score (nSPS) is 10.6. The van der Waals surface area contributed by atoms with Gasteiger partial charge in [-0.05, 0) is 72.9 Å². The fourth-order valence-corrected chi connectivity index (χ4v) is 2.98. The minimum atomic E-state index is -0.0902. The number of amides is 1. The summed E-state index contributed by atoms with van der Waals surface area (Å²) in [6, 6.07) is 19.5. The van der Waals surface area contributed by atoms with E-state index in [2.05, 4.69) is 5.32 Å². The number of halogens is 1. The Balaban J connectivity index is 1.93. The fraction of sp³-hybridized carbons (Fsp3) is 0.136. The van der Waals surface area contributed by atoms with Crippen molar-refractivity contribution in [3.05, 3.63) is 87.9 Å². The number of hydrogen-bond donors (Lipinski definition) is 1. The highest BCUT2D eigenvalue weighted by molar-refractivity contribution is 6.30. The van der Waals surface area contributed by atoms with Crippen LogP contribution in [0.1, 0.15) is 27.0 Å². The number of aryl methyl sites for hydroxylation is 2. The van der Waals surface area contributed by atoms with Crippen molar-refractivity contribution in [2.24, 2.45) is 0 Å². The Kier molecular flexibility index (Phi) is 4.91. The monoisotopic (exact) mass is 349 g/mol. The number of carbonyl (C=O) groups excluding carboxylic acids is 1. The molecule has 0 heterocycles. The van der Waals surface area contributed by atoms with Crippen LogP contribution in [0.2, 0.25) is 5.02 Å². The maximum atomic E-state index is 12.7. The number of rotatable bonds is 3. The zero-order valence-electron chi connectivity index (χ0n) is 14.6. The molecule has 3 rings (SSSR count). The van der Waals surface area contributed by atoms with Gasteiger partial charge in [-0.15, -0.1) is 0 Å². The van der Waals surface area contributed by atoms with Gasteiger partial charge in [0.2, 0.25) is 0 Å². The lowest BCUT2D eigenvalue weighted by Gasteiger charge is -2.13. The highest BCUT2D eigenvalue weighted by atomic mass is 35.5. The Bertz CT molecular complexity index is 947. The average molecular weight is 350 g/mol. The first-order chi connectivity index (χ1) is 12.0. The largest absolute Gasteiger partial charge is 0.322 e. The Morgan fingerprint density at radius 1 is 0.840 bits per heavy atom. The molecule has 3 heteroatoms. The summed E-state index contributed by atoms with van der Waals surface area (Å²) in [7, 11) is 0. The molecule has 0 radical (unpaired) electrons. The molecule has 0 bridgehead atoms. The molecule has 0 unspecified atom stereocenters. The molecule has 0 fully saturated rings. The van der Waals surface area contributed by atoms with Gasteiger partial charge < -0.3 is 5.32 Å². The molecule has 126 valence electrons. The number of nitrogens with one attached hydrogen (secondary N) is 1. The molecule has 0 aliphatic carbocycles. The van der Waals surface area contributed by atoms with Gasteiger partial charge in [-0.2, -0.15) is 0 Å². The van der Waals surface area contributed by atoms with Gasteiger partial charge in [-0.25, -0.2) is 0 Å². The molecular weight excluding hydrogens is 330 g/mol. The van der Waals surface area contributed by atoms with E-state index in [0.717, 1.165) is 33.5 Å². The first-order valence-electron chi connectivity index (χ1n) is 8.20. The summed E-state index contributed by atoms with van der Waals surface area (Å²) in [4.78, 5) is 12.7. The minimum Gasteiger partial charge on any atom is -0.322 e. The molecule has 25 heavy (non-hydrogen) atoms. The summed E-state index contributed by atoms with van der Waals surface area (Å²) >= 11 is 6.09. The van der Waals surface area contributed by atoms with E-state index in [1.54, 1.807) is 0 Å². The van der Waals surface area contributed by atoms with Crippen molar-refractivity contribution in [3.8, 4) is 11.1 Å². The minimum absolute atomic E-state index is 0.0902. The highest BCUT2D eigenvalue weighted by Crippen LogP contribution is 2.28. The summed E-state index contributed by atoms with van der Waals surface area (Å²) in [6.07, 6.45) is 0. The second kappa shape index (κ2) is 7.12. The topological polar surface area (TPSA) is 29.1 Å². The number of hydrogen-bond acceptors (Lipinski definition) is 1. The van der Waals surface area contributed by atoms with Crippen LogP contribution in [0.5, 0.6) is 0 Å². The van der Waals surface area contributed by atoms with Crippen LogP contribution in [0.25, 0.3) is 11.1 Å². The van der Waals surface area contributed by atoms with E-state index in [9.17, 15) is 4.79 Å². The first kappa shape index (κ1) is 17.2. The van der Waals surface area contributed by atoms with Crippen LogP contribution >= 0.6 is 11.6 Å². The van der Waals surface area contributed by atoms with Crippen molar-refractivity contribution in [3.63, 3.8) is 0 Å². The van der Waals surface area contributed by atoms with Crippen LogP contribution in [-0.2, 0) is 0 Å². The molecule has 1 amide bonds. The van der Waals surface area contributed by atoms with Gasteiger partial charge in [0.1, 0.15) is 0 Å². The Hall–Kier alpha value is -2.58. The quantitative estimate of drug-likeness (QED) is 0.600. The van der Waals surface area contributed by atoms with Gasteiger partial charge in [0.25, 0.3) is 5.91 Å². The summed E-state index contributed by atoms with van der Waals surface area (Å²) < 4.78 is 0. The van der Waals surface area contributed by atoms with E-state index >= 15 is 0 Å². The lowest BCUT2D eigenvalue weighted by atomic mass is 10.0. The first-order valence-corrected chi connectivity index (χ1v) is 8.57. The van der Waals surface area contributed by atoms with Crippen molar-refractivity contribution < 1.29 is 4.79 Å². The van der Waals surface area contributed by atoms with Crippen molar-refractivity contribution in [2.45, 2.75) is 20.8 Å². The maximum absolute atomic E-state index is 12.7. The van der Waals surface area contributed by atoms with Crippen LogP contribution < -0.4 is 5.32 Å². The van der Waals surface area contributed by atoms with E-state index < -0.39 is 0 Å². The summed E-state index contributed by atoms with van der Waals surface area (Å²) in [5, 5.41) is 3.74. The molecular formula is C22H20ClNO. The zero-order valence-corrected chi connectivity index (χ0v) is 15.3. The number of carbonyl (C=O) groups is 1. The molecule has 2 nitrogen and oxygen atoms in total. The van der Waals surface area contributed by atoms with E-state index in [1.807, 2.05) is 81.4 Å². The molecule has 0 atom stereocenters. The fourth-order valence-electron chi connectivity index (χ4n) is 2.79. The van der Waals surface area contributed by atoms with E-state index in [-0.39, 0.29) is 5.91 Å². The van der Waals surface area contributed by atoms with E-state index in [0.29, 0.717) is 10.6 Å². The third kappa shape index (κ3) is 3.75. The predicted molar refractivity (Wildman–Crippen MR) is 105 cm³/mol. The third-order valence-corrected chi connectivity index (χ3v) is 4.73. The average Bonchev–Trinajstić information content (AvgIpc) is 2.59. The van der Waals surface area contributed by atoms with E-state index in [1.165, 1.54) is 0 Å². The summed E-state index contributed by atoms with van der Waals surface area (Å²) in [5.74, 6) is -0.0902. The molecule has 0 spiro atoms. The second-order valence-electron chi connectivity index (χ2n) is 6.24. The zero-order chi connectivity index (χ0) is 18.0. The molecule has 1 N–H and O–H groups in total. The van der Waals surface area contributed by atoms with Crippen LogP contribution in [0, 0.1) is 20.8 Å². The lowest BCUT2D eigenvalue weighted by molar-refractivity contribution is 0.102. The highest BCUT2D eigenvalue weighted by Gasteiger charge is 2.12. The van der Waals surface area contributed by atoms with Crippen LogP contribution in [0.4, 0.5) is 5.69 Å². The van der Waals surface area contributed by atoms with Gasteiger partial charge in [0, 0.05) is 16.3 Å². The number of anilines is 1. The Morgan fingerprint density at radius 2 is 1.56 bits per heavy atom. The molecule has 0 saturated heterocycles. The summed E-state index contributed by atoms with van der Waals surface area (Å²) in [6.45, 7) is 5.97. The standard InChI is InChI=1S/C22H20ClNO/c1-14-6-4-9-20(16(14)3)22(25)24-21-13-18(11-10-15(21)2)17-7-5-8-19(23)12-17/h4-13H,1-3H3,(H,24,25). The van der Waals surface area contributed by atoms with Gasteiger partial charge in [0.15, 0.2) is 0 Å². The number of benzene rings is 3. The maximum Gasteiger partial charge on any atom is 0.255 e. The molecule has 0 aromatic heterocycles. The summed E-state index contributed by atoms with van der Waals surface area (Å²) in [5.41, 5.74) is 6.68. The molecule has 0 saturated carbocycles. The lowest BCUT2D eigenvalue weighted by Crippen LogP contribution is -2.14. The second-order valence-corrected chi connectivity index (χ2v) is 6.68. The van der Waals surface area contributed by atoms with Gasteiger partial charge >= 0.3 is 0 Å². The smallest absolute Gasteiger partial charge is 0.255 e. The molecule has 3 aromatic rings. The van der Waals surface area contributed by atoms with Crippen LogP contribution in [-0.4, -0.2) is 5.91 Å². The van der Waals surface area contributed by atoms with E-state index in [4.69, 9.17) is 11.6 Å². The molecule has 3 aromatic carbocycles. The molecule has 0 aliphatic rings. The van der Waals surface area contributed by atoms with Crippen LogP contribution in [0.3, 0.4) is 0 Å².